The van der Waals surface area contributed by atoms with Crippen LogP contribution < -0.4 is 5.32 Å². The molecule has 0 fully saturated rings. The number of allylic oxidation sites excluding steroid dienone is 1. The normalized spacial score (nSPS) is 19.4. The molecular weight excluding hydrogens is 198 g/mol. The van der Waals surface area contributed by atoms with E-state index in [1.54, 1.807) is 6.92 Å². The van der Waals surface area contributed by atoms with Gasteiger partial charge in [-0.3, -0.25) is 0 Å². The molecule has 2 rings (SSSR count). The maximum atomic E-state index is 9.57. The van der Waals surface area contributed by atoms with Crippen molar-refractivity contribution in [2.45, 2.75) is 39.3 Å². The van der Waals surface area contributed by atoms with Gasteiger partial charge in [0.1, 0.15) is 0 Å². The van der Waals surface area contributed by atoms with Gasteiger partial charge in [-0.1, -0.05) is 12.1 Å². The molecule has 1 aliphatic rings. The Bertz CT molecular complexity index is 444. The first kappa shape index (κ1) is 11.2. The van der Waals surface area contributed by atoms with Gasteiger partial charge in [0, 0.05) is 11.3 Å². The summed E-state index contributed by atoms with van der Waals surface area (Å²) >= 11 is 0. The number of aliphatic hydroxyl groups excluding tert-OH is 1. The summed E-state index contributed by atoms with van der Waals surface area (Å²) in [7, 11) is 0. The predicted octanol–water partition coefficient (Wildman–Crippen LogP) is 3.35. The molecule has 1 aliphatic heterocycles. The Hall–Kier alpha value is -1.28. The fraction of sp³-hybridized carbons (Fsp3) is 0.429. The van der Waals surface area contributed by atoms with Gasteiger partial charge in [-0.25, -0.2) is 0 Å². The lowest BCUT2D eigenvalue weighted by atomic mass is 9.90. The molecule has 2 heteroatoms. The Morgan fingerprint density at radius 1 is 1.31 bits per heavy atom. The molecule has 1 aromatic rings. The highest BCUT2D eigenvalue weighted by Crippen LogP contribution is 2.34. The van der Waals surface area contributed by atoms with Crippen molar-refractivity contribution in [3.8, 4) is 0 Å². The minimum Gasteiger partial charge on any atom is -0.389 e. The molecule has 0 saturated heterocycles. The average molecular weight is 217 g/mol. The van der Waals surface area contributed by atoms with E-state index in [-0.39, 0.29) is 5.54 Å². The minimum atomic E-state index is -0.409. The third-order valence-corrected chi connectivity index (χ3v) is 2.99. The minimum absolute atomic E-state index is 0.00340. The van der Waals surface area contributed by atoms with Crippen LogP contribution in [0.1, 0.15) is 44.9 Å². The summed E-state index contributed by atoms with van der Waals surface area (Å²) in [4.78, 5) is 0. The number of hydrogen-bond acceptors (Lipinski definition) is 2. The van der Waals surface area contributed by atoms with Gasteiger partial charge in [-0.05, 0) is 51.0 Å². The van der Waals surface area contributed by atoms with Crippen LogP contribution in [-0.2, 0) is 0 Å². The second-order valence-corrected chi connectivity index (χ2v) is 5.16. The summed E-state index contributed by atoms with van der Waals surface area (Å²) in [6.07, 6.45) is 1.81. The van der Waals surface area contributed by atoms with Crippen LogP contribution in [0.3, 0.4) is 0 Å². The molecule has 0 aromatic heterocycles. The fourth-order valence-electron chi connectivity index (χ4n) is 2.26. The number of nitrogens with one attached hydrogen (secondary N) is 1. The number of rotatable bonds is 1. The fourth-order valence-corrected chi connectivity index (χ4v) is 2.26. The van der Waals surface area contributed by atoms with Crippen molar-refractivity contribution >= 4 is 11.3 Å². The third kappa shape index (κ3) is 1.98. The summed E-state index contributed by atoms with van der Waals surface area (Å²) in [5.74, 6) is 0. The van der Waals surface area contributed by atoms with Gasteiger partial charge in [-0.15, -0.1) is 0 Å². The first-order chi connectivity index (χ1) is 7.39. The van der Waals surface area contributed by atoms with Gasteiger partial charge < -0.3 is 10.4 Å². The molecule has 1 aromatic carbocycles. The second kappa shape index (κ2) is 3.63. The van der Waals surface area contributed by atoms with Crippen molar-refractivity contribution in [1.82, 2.24) is 0 Å². The molecule has 0 amide bonds. The standard InChI is InChI=1S/C14H19NO/c1-9-8-14(3,4)15-13-6-5-11(10(2)16)7-12(9)13/h5-8,10,15-16H,1-4H3. The molecule has 0 spiro atoms. The van der Waals surface area contributed by atoms with Crippen molar-refractivity contribution < 1.29 is 5.11 Å². The molecule has 2 nitrogen and oxygen atoms in total. The van der Waals surface area contributed by atoms with E-state index in [0.717, 1.165) is 11.3 Å². The van der Waals surface area contributed by atoms with E-state index in [1.807, 2.05) is 6.07 Å². The SMILES string of the molecule is CC1=CC(C)(C)Nc2ccc(C(C)O)cc21. The molecule has 86 valence electrons. The van der Waals surface area contributed by atoms with E-state index in [9.17, 15) is 5.11 Å². The molecule has 1 unspecified atom stereocenters. The predicted molar refractivity (Wildman–Crippen MR) is 68.4 cm³/mol. The average Bonchev–Trinajstić information content (AvgIpc) is 2.15. The van der Waals surface area contributed by atoms with Gasteiger partial charge in [-0.2, -0.15) is 0 Å². The monoisotopic (exact) mass is 217 g/mol. The molecule has 1 heterocycles. The highest BCUT2D eigenvalue weighted by Gasteiger charge is 2.22. The second-order valence-electron chi connectivity index (χ2n) is 5.16. The van der Waals surface area contributed by atoms with Crippen LogP contribution in [0, 0.1) is 0 Å². The number of hydrogen-bond donors (Lipinski definition) is 2. The Morgan fingerprint density at radius 2 is 2.00 bits per heavy atom. The topological polar surface area (TPSA) is 32.3 Å². The first-order valence-corrected chi connectivity index (χ1v) is 5.69. The molecule has 2 N–H and O–H groups in total. The lowest BCUT2D eigenvalue weighted by Gasteiger charge is -2.31. The van der Waals surface area contributed by atoms with E-state index >= 15 is 0 Å². The van der Waals surface area contributed by atoms with Gasteiger partial charge in [0.05, 0.1) is 11.6 Å². The maximum absolute atomic E-state index is 9.57. The van der Waals surface area contributed by atoms with Crippen LogP contribution in [-0.4, -0.2) is 10.6 Å². The number of benzene rings is 1. The first-order valence-electron chi connectivity index (χ1n) is 5.69. The Kier molecular flexibility index (Phi) is 2.55. The Morgan fingerprint density at radius 3 is 2.62 bits per heavy atom. The van der Waals surface area contributed by atoms with Gasteiger partial charge >= 0.3 is 0 Å². The van der Waals surface area contributed by atoms with Gasteiger partial charge in [0.2, 0.25) is 0 Å². The van der Waals surface area contributed by atoms with Crippen molar-refractivity contribution in [2.24, 2.45) is 0 Å². The highest BCUT2D eigenvalue weighted by atomic mass is 16.3. The van der Waals surface area contributed by atoms with Gasteiger partial charge in [0.15, 0.2) is 0 Å². The summed E-state index contributed by atoms with van der Waals surface area (Å²) in [6.45, 7) is 8.22. The van der Waals surface area contributed by atoms with Crippen molar-refractivity contribution in [3.63, 3.8) is 0 Å². The molecule has 1 atom stereocenters. The van der Waals surface area contributed by atoms with Crippen molar-refractivity contribution in [2.75, 3.05) is 5.32 Å². The zero-order valence-corrected chi connectivity index (χ0v) is 10.3. The summed E-state index contributed by atoms with van der Waals surface area (Å²) in [6, 6.07) is 6.09. The molecular formula is C14H19NO. The Labute approximate surface area is 97.0 Å². The lowest BCUT2D eigenvalue weighted by Crippen LogP contribution is -2.31. The van der Waals surface area contributed by atoms with Crippen LogP contribution >= 0.6 is 0 Å². The van der Waals surface area contributed by atoms with E-state index in [1.165, 1.54) is 11.1 Å². The molecule has 0 saturated carbocycles. The summed E-state index contributed by atoms with van der Waals surface area (Å²) < 4.78 is 0. The van der Waals surface area contributed by atoms with E-state index in [4.69, 9.17) is 0 Å². The van der Waals surface area contributed by atoms with E-state index in [0.29, 0.717) is 0 Å². The smallest absolute Gasteiger partial charge is 0.0762 e. The zero-order chi connectivity index (χ0) is 11.9. The van der Waals surface area contributed by atoms with Gasteiger partial charge in [0.25, 0.3) is 0 Å². The van der Waals surface area contributed by atoms with Crippen LogP contribution in [0.2, 0.25) is 0 Å². The van der Waals surface area contributed by atoms with E-state index < -0.39 is 6.10 Å². The quantitative estimate of drug-likeness (QED) is 0.756. The van der Waals surface area contributed by atoms with Crippen LogP contribution in [0.5, 0.6) is 0 Å². The van der Waals surface area contributed by atoms with E-state index in [2.05, 4.69) is 44.3 Å². The lowest BCUT2D eigenvalue weighted by molar-refractivity contribution is 0.199. The Balaban J connectivity index is 2.50. The highest BCUT2D eigenvalue weighted by molar-refractivity contribution is 5.80. The largest absolute Gasteiger partial charge is 0.389 e. The third-order valence-electron chi connectivity index (χ3n) is 2.99. The number of anilines is 1. The summed E-state index contributed by atoms with van der Waals surface area (Å²) in [5.41, 5.74) is 4.57. The van der Waals surface area contributed by atoms with Crippen LogP contribution in [0.25, 0.3) is 5.57 Å². The molecule has 0 aliphatic carbocycles. The van der Waals surface area contributed by atoms with Crippen LogP contribution in [0.15, 0.2) is 24.3 Å². The molecule has 16 heavy (non-hydrogen) atoms. The molecule has 0 radical (unpaired) electrons. The summed E-state index contributed by atoms with van der Waals surface area (Å²) in [5, 5.41) is 13.0. The van der Waals surface area contributed by atoms with Crippen molar-refractivity contribution in [3.05, 3.63) is 35.4 Å². The van der Waals surface area contributed by atoms with Crippen LogP contribution in [0.4, 0.5) is 5.69 Å². The zero-order valence-electron chi connectivity index (χ0n) is 10.3. The molecule has 0 bridgehead atoms. The maximum Gasteiger partial charge on any atom is 0.0762 e. The number of aliphatic hydroxyl groups is 1. The van der Waals surface area contributed by atoms with Crippen molar-refractivity contribution in [1.29, 1.82) is 0 Å². The number of fused-ring (bicyclic) bond motifs is 1.